The smallest absolute Gasteiger partial charge is 0.408 e. The van der Waals surface area contributed by atoms with Crippen LogP contribution in [-0.4, -0.2) is 50.6 Å². The van der Waals surface area contributed by atoms with Crippen molar-refractivity contribution in [1.29, 1.82) is 0 Å². The zero-order valence-electron chi connectivity index (χ0n) is 19.7. The molecule has 3 heterocycles. The van der Waals surface area contributed by atoms with Gasteiger partial charge in [-0.25, -0.2) is 4.39 Å². The Bertz CT molecular complexity index is 1410. The van der Waals surface area contributed by atoms with E-state index >= 15 is 0 Å². The third-order valence-corrected chi connectivity index (χ3v) is 8.82. The lowest BCUT2D eigenvalue weighted by Crippen LogP contribution is -2.60. The molecule has 0 saturated carbocycles. The summed E-state index contributed by atoms with van der Waals surface area (Å²) in [6, 6.07) is 2.14. The highest BCUT2D eigenvalue weighted by atomic mass is 35.5. The molecular weight excluding hydrogens is 534 g/mol. The lowest BCUT2D eigenvalue weighted by molar-refractivity contribution is -0.173. The van der Waals surface area contributed by atoms with Gasteiger partial charge in [0, 0.05) is 22.9 Å². The van der Waals surface area contributed by atoms with Crippen molar-refractivity contribution < 1.29 is 27.5 Å². The summed E-state index contributed by atoms with van der Waals surface area (Å²) in [7, 11) is 0. The number of nitrogens with zero attached hydrogens (tertiary/aromatic N) is 3. The number of allylic oxidation sites excluding steroid dienone is 1. The number of thioether (sulfide) groups is 1. The molecule has 4 atom stereocenters. The monoisotopic (exact) mass is 555 g/mol. The SMILES string of the molecule is CC1C=CC2=C(CSc3ccc(F)cc3[C@H]2N2CN([C@H](C)C(F)(F)F)C(=O)c3c(O)c(=O)ccn32)C1Cl. The van der Waals surface area contributed by atoms with Crippen LogP contribution in [0.1, 0.15) is 35.9 Å². The van der Waals surface area contributed by atoms with E-state index in [1.54, 1.807) is 6.07 Å². The number of fused-ring (bicyclic) bond motifs is 2. The van der Waals surface area contributed by atoms with Crippen LogP contribution in [0.25, 0.3) is 0 Å². The van der Waals surface area contributed by atoms with E-state index in [9.17, 15) is 32.3 Å². The van der Waals surface area contributed by atoms with Gasteiger partial charge in [-0.15, -0.1) is 23.4 Å². The van der Waals surface area contributed by atoms with Crippen molar-refractivity contribution in [2.24, 2.45) is 5.92 Å². The molecule has 6 nitrogen and oxygen atoms in total. The van der Waals surface area contributed by atoms with Crippen molar-refractivity contribution in [3.8, 4) is 5.75 Å². The summed E-state index contributed by atoms with van der Waals surface area (Å²) >= 11 is 8.22. The molecule has 1 aliphatic carbocycles. The van der Waals surface area contributed by atoms with E-state index in [0.29, 0.717) is 26.7 Å². The molecule has 2 aromatic rings. The Morgan fingerprint density at radius 1 is 1.22 bits per heavy atom. The number of benzene rings is 1. The Kier molecular flexibility index (Phi) is 6.34. The maximum atomic E-state index is 14.6. The molecule has 37 heavy (non-hydrogen) atoms. The van der Waals surface area contributed by atoms with Crippen LogP contribution in [0.3, 0.4) is 0 Å². The summed E-state index contributed by atoms with van der Waals surface area (Å²) in [6.45, 7) is 2.23. The van der Waals surface area contributed by atoms with Gasteiger partial charge in [-0.1, -0.05) is 19.1 Å². The fourth-order valence-electron chi connectivity index (χ4n) is 4.91. The minimum atomic E-state index is -4.77. The maximum Gasteiger partial charge on any atom is 0.408 e. The Hall–Kier alpha value is -2.92. The number of hydrogen-bond donors (Lipinski definition) is 1. The van der Waals surface area contributed by atoms with Gasteiger partial charge in [0.25, 0.3) is 5.91 Å². The largest absolute Gasteiger partial charge is 0.502 e. The van der Waals surface area contributed by atoms with Crippen LogP contribution in [0.4, 0.5) is 17.6 Å². The predicted octanol–water partition coefficient (Wildman–Crippen LogP) is 4.95. The van der Waals surface area contributed by atoms with Crippen LogP contribution in [0.5, 0.6) is 5.75 Å². The molecule has 0 fully saturated rings. The van der Waals surface area contributed by atoms with E-state index in [2.05, 4.69) is 0 Å². The Balaban J connectivity index is 1.79. The first-order valence-electron chi connectivity index (χ1n) is 11.5. The average molecular weight is 556 g/mol. The van der Waals surface area contributed by atoms with Crippen molar-refractivity contribution >= 4 is 29.3 Å². The van der Waals surface area contributed by atoms with E-state index in [1.165, 1.54) is 39.8 Å². The van der Waals surface area contributed by atoms with Gasteiger partial charge in [0.1, 0.15) is 18.5 Å². The molecule has 1 amide bonds. The predicted molar refractivity (Wildman–Crippen MR) is 132 cm³/mol. The molecular formula is C25H22ClF4N3O3S. The zero-order chi connectivity index (χ0) is 26.8. The summed E-state index contributed by atoms with van der Waals surface area (Å²) in [5.41, 5.74) is 0.463. The number of pyridine rings is 1. The normalized spacial score (nSPS) is 24.4. The van der Waals surface area contributed by atoms with Crippen LogP contribution in [0.15, 0.2) is 63.5 Å². The molecule has 196 valence electrons. The lowest BCUT2D eigenvalue weighted by atomic mass is 9.85. The summed E-state index contributed by atoms with van der Waals surface area (Å²) in [5.74, 6) is -2.19. The number of carbonyl (C=O) groups excluding carboxylic acids is 1. The minimum absolute atomic E-state index is 0.0173. The van der Waals surface area contributed by atoms with Crippen molar-refractivity contribution in [3.63, 3.8) is 0 Å². The number of halogens is 5. The van der Waals surface area contributed by atoms with E-state index < -0.39 is 58.9 Å². The number of carbonyl (C=O) groups is 1. The first-order valence-corrected chi connectivity index (χ1v) is 12.9. The number of aromatic hydroxyl groups is 1. The molecule has 0 bridgehead atoms. The van der Waals surface area contributed by atoms with Gasteiger partial charge >= 0.3 is 6.18 Å². The van der Waals surface area contributed by atoms with E-state index in [-0.39, 0.29) is 5.92 Å². The second-order valence-corrected chi connectivity index (χ2v) is 10.8. The highest BCUT2D eigenvalue weighted by molar-refractivity contribution is 7.99. The first kappa shape index (κ1) is 25.7. The van der Waals surface area contributed by atoms with Gasteiger partial charge in [0.2, 0.25) is 5.43 Å². The van der Waals surface area contributed by atoms with E-state index in [1.807, 2.05) is 19.1 Å². The van der Waals surface area contributed by atoms with Crippen LogP contribution in [0.2, 0.25) is 0 Å². The van der Waals surface area contributed by atoms with Crippen molar-refractivity contribution in [2.75, 3.05) is 17.4 Å². The third-order valence-electron chi connectivity index (χ3n) is 7.02. The average Bonchev–Trinajstić information content (AvgIpc) is 2.99. The van der Waals surface area contributed by atoms with Crippen molar-refractivity contribution in [2.45, 2.75) is 42.4 Å². The summed E-state index contributed by atoms with van der Waals surface area (Å²) < 4.78 is 57.2. The number of hydrogen-bond acceptors (Lipinski definition) is 5. The van der Waals surface area contributed by atoms with Crippen LogP contribution in [-0.2, 0) is 0 Å². The molecule has 12 heteroatoms. The lowest BCUT2D eigenvalue weighted by Gasteiger charge is -2.46. The molecule has 5 rings (SSSR count). The Morgan fingerprint density at radius 3 is 2.65 bits per heavy atom. The van der Waals surface area contributed by atoms with E-state index in [4.69, 9.17) is 11.6 Å². The quantitative estimate of drug-likeness (QED) is 0.419. The molecule has 2 unspecified atom stereocenters. The van der Waals surface area contributed by atoms with Gasteiger partial charge in [-0.05, 0) is 47.8 Å². The van der Waals surface area contributed by atoms with E-state index in [0.717, 1.165) is 18.6 Å². The van der Waals surface area contributed by atoms with Gasteiger partial charge in [-0.2, -0.15) is 13.2 Å². The molecule has 3 aliphatic rings. The van der Waals surface area contributed by atoms with Crippen LogP contribution >= 0.6 is 23.4 Å². The van der Waals surface area contributed by atoms with Gasteiger partial charge < -0.3 is 10.0 Å². The van der Waals surface area contributed by atoms with Crippen molar-refractivity contribution in [1.82, 2.24) is 9.58 Å². The molecule has 1 aromatic heterocycles. The molecule has 0 saturated heterocycles. The van der Waals surface area contributed by atoms with Gasteiger partial charge in [0.05, 0.1) is 11.4 Å². The number of aromatic nitrogens is 1. The second kappa shape index (κ2) is 9.13. The highest BCUT2D eigenvalue weighted by Crippen LogP contribution is 2.47. The summed E-state index contributed by atoms with van der Waals surface area (Å²) in [5, 5.41) is 11.6. The Labute approximate surface area is 218 Å². The first-order chi connectivity index (χ1) is 17.4. The standard InChI is InChI=1S/C25H22ClF4N3O3S/c1-12-3-5-15-17(20(12)26)10-37-19-6-4-14(27)9-16(19)21(15)33-11-31(13(2)25(28,29)30)24(36)22-23(35)18(34)7-8-32(22)33/h3-9,12-13,20-21,35H,10-11H2,1-2H3/t12?,13-,20?,21+/m1/s1. The zero-order valence-corrected chi connectivity index (χ0v) is 21.2. The fraction of sp³-hybridized carbons (Fsp3) is 0.360. The fourth-order valence-corrected chi connectivity index (χ4v) is 6.45. The Morgan fingerprint density at radius 2 is 1.95 bits per heavy atom. The highest BCUT2D eigenvalue weighted by Gasteiger charge is 2.48. The summed E-state index contributed by atoms with van der Waals surface area (Å²) in [4.78, 5) is 26.7. The van der Waals surface area contributed by atoms with Crippen LogP contribution < -0.4 is 10.4 Å². The van der Waals surface area contributed by atoms with Crippen molar-refractivity contribution in [3.05, 3.63) is 81.1 Å². The molecule has 1 N–H and O–H groups in total. The minimum Gasteiger partial charge on any atom is -0.502 e. The molecule has 0 radical (unpaired) electrons. The second-order valence-electron chi connectivity index (χ2n) is 9.27. The van der Waals surface area contributed by atoms with Gasteiger partial charge in [-0.3, -0.25) is 19.3 Å². The number of amides is 1. The third kappa shape index (κ3) is 4.21. The van der Waals surface area contributed by atoms with Gasteiger partial charge in [0.15, 0.2) is 11.4 Å². The molecule has 1 aromatic carbocycles. The van der Waals surface area contributed by atoms with Crippen LogP contribution in [0, 0.1) is 11.7 Å². The summed E-state index contributed by atoms with van der Waals surface area (Å²) in [6.07, 6.45) is 0.173. The molecule has 2 aliphatic heterocycles. The number of alkyl halides is 4. The maximum absolute atomic E-state index is 14.6. The topological polar surface area (TPSA) is 65.8 Å². The molecule has 0 spiro atoms. The number of rotatable bonds is 2.